The summed E-state index contributed by atoms with van der Waals surface area (Å²) in [4.78, 5) is 17.6. The van der Waals surface area contributed by atoms with E-state index in [2.05, 4.69) is 19.7 Å². The minimum absolute atomic E-state index is 0.0155. The van der Waals surface area contributed by atoms with Crippen molar-refractivity contribution < 1.29 is 4.79 Å². The summed E-state index contributed by atoms with van der Waals surface area (Å²) in [6, 6.07) is 4.44. The second-order valence-electron chi connectivity index (χ2n) is 9.56. The number of pyridine rings is 1. The molecule has 146 valence electrons. The monoisotopic (exact) mass is 394 g/mol. The minimum atomic E-state index is -0.0155. The Morgan fingerprint density at radius 1 is 1.11 bits per heavy atom. The van der Waals surface area contributed by atoms with Gasteiger partial charge < -0.3 is 0 Å². The van der Waals surface area contributed by atoms with Crippen LogP contribution in [0.4, 0.5) is 0 Å². The lowest BCUT2D eigenvalue weighted by molar-refractivity contribution is -0.141. The zero-order chi connectivity index (χ0) is 18.7. The SMILES string of the molecule is O=C(CSc1nnc(-c2cccnc2)n1C1CC1)C12CC3CC(CC(C3)C1)C2. The quantitative estimate of drug-likeness (QED) is 0.673. The summed E-state index contributed by atoms with van der Waals surface area (Å²) in [5.41, 5.74) is 0.986. The Balaban J connectivity index is 1.22. The number of hydrogen-bond acceptors (Lipinski definition) is 5. The number of carbonyl (C=O) groups is 1. The molecule has 0 spiro atoms. The second-order valence-corrected chi connectivity index (χ2v) is 10.5. The molecule has 0 atom stereocenters. The van der Waals surface area contributed by atoms with Gasteiger partial charge >= 0.3 is 0 Å². The zero-order valence-electron chi connectivity index (χ0n) is 16.1. The average molecular weight is 395 g/mol. The highest BCUT2D eigenvalue weighted by atomic mass is 32.2. The lowest BCUT2D eigenvalue weighted by Crippen LogP contribution is -2.50. The van der Waals surface area contributed by atoms with Gasteiger partial charge in [-0.25, -0.2) is 0 Å². The first-order chi connectivity index (χ1) is 13.7. The van der Waals surface area contributed by atoms with Crippen LogP contribution in [0.5, 0.6) is 0 Å². The molecule has 28 heavy (non-hydrogen) atoms. The van der Waals surface area contributed by atoms with Crippen LogP contribution in [0, 0.1) is 23.2 Å². The van der Waals surface area contributed by atoms with E-state index in [9.17, 15) is 4.79 Å². The number of hydrogen-bond donors (Lipinski definition) is 0. The van der Waals surface area contributed by atoms with E-state index < -0.39 is 0 Å². The molecule has 0 aromatic carbocycles. The fourth-order valence-electron chi connectivity index (χ4n) is 6.46. The smallest absolute Gasteiger partial charge is 0.192 e. The number of Topliss-reactive ketones (excluding diaryl/α,β-unsaturated/α-hetero) is 1. The highest BCUT2D eigenvalue weighted by Gasteiger charge is 2.54. The van der Waals surface area contributed by atoms with Gasteiger partial charge in [0.1, 0.15) is 5.78 Å². The summed E-state index contributed by atoms with van der Waals surface area (Å²) in [6.45, 7) is 0. The molecule has 0 N–H and O–H groups in total. The van der Waals surface area contributed by atoms with Crippen LogP contribution >= 0.6 is 11.8 Å². The maximum atomic E-state index is 13.4. The van der Waals surface area contributed by atoms with Crippen molar-refractivity contribution in [2.75, 3.05) is 5.75 Å². The number of carbonyl (C=O) groups excluding carboxylic acids is 1. The van der Waals surface area contributed by atoms with E-state index in [0.717, 1.165) is 53.6 Å². The van der Waals surface area contributed by atoms with Gasteiger partial charge in [-0.2, -0.15) is 0 Å². The van der Waals surface area contributed by atoms with Gasteiger partial charge in [0, 0.05) is 29.4 Å². The van der Waals surface area contributed by atoms with Gasteiger partial charge in [-0.05, 0) is 81.3 Å². The third-order valence-corrected chi connectivity index (χ3v) is 8.40. The molecule has 5 aliphatic carbocycles. The molecule has 0 aliphatic heterocycles. The molecule has 0 unspecified atom stereocenters. The Hall–Kier alpha value is -1.69. The van der Waals surface area contributed by atoms with Crippen LogP contribution in [0.15, 0.2) is 29.7 Å². The van der Waals surface area contributed by atoms with E-state index in [1.54, 1.807) is 18.0 Å². The highest BCUT2D eigenvalue weighted by Crippen LogP contribution is 2.60. The zero-order valence-corrected chi connectivity index (χ0v) is 16.9. The van der Waals surface area contributed by atoms with E-state index in [0.29, 0.717) is 17.6 Å². The van der Waals surface area contributed by atoms with Crippen LogP contribution in [-0.2, 0) is 4.79 Å². The van der Waals surface area contributed by atoms with Gasteiger partial charge in [0.15, 0.2) is 11.0 Å². The molecule has 2 aromatic heterocycles. The third-order valence-electron chi connectivity index (χ3n) is 7.46. The van der Waals surface area contributed by atoms with Crippen LogP contribution in [0.3, 0.4) is 0 Å². The molecular weight excluding hydrogens is 368 g/mol. The molecule has 0 saturated heterocycles. The van der Waals surface area contributed by atoms with Gasteiger partial charge in [0.2, 0.25) is 0 Å². The Kier molecular flexibility index (Phi) is 3.94. The first kappa shape index (κ1) is 17.2. The Bertz CT molecular complexity index is 869. The normalized spacial score (nSPS) is 33.4. The average Bonchev–Trinajstić information content (AvgIpc) is 3.44. The standard InChI is InChI=1S/C22H26N4OS/c27-19(22-9-14-6-15(10-22)8-16(7-14)11-22)13-28-21-25-24-20(26(21)18-3-4-18)17-2-1-5-23-12-17/h1-2,5,12,14-16,18H,3-4,6-11,13H2. The number of thioether (sulfide) groups is 1. The molecule has 5 fully saturated rings. The maximum Gasteiger partial charge on any atom is 0.192 e. The third kappa shape index (κ3) is 2.83. The van der Waals surface area contributed by atoms with Gasteiger partial charge in [0.05, 0.1) is 5.75 Å². The molecule has 5 aliphatic rings. The molecule has 0 radical (unpaired) electrons. The number of ketones is 1. The van der Waals surface area contributed by atoms with E-state index in [4.69, 9.17) is 0 Å². The van der Waals surface area contributed by atoms with Crippen LogP contribution in [0.1, 0.15) is 57.4 Å². The molecule has 7 rings (SSSR count). The van der Waals surface area contributed by atoms with E-state index in [-0.39, 0.29) is 5.41 Å². The maximum absolute atomic E-state index is 13.4. The van der Waals surface area contributed by atoms with Crippen LogP contribution in [0.2, 0.25) is 0 Å². The predicted octanol–water partition coefficient (Wildman–Crippen LogP) is 4.55. The number of nitrogens with zero attached hydrogens (tertiary/aromatic N) is 4. The van der Waals surface area contributed by atoms with Crippen molar-refractivity contribution in [1.29, 1.82) is 0 Å². The van der Waals surface area contributed by atoms with Gasteiger partial charge in [-0.3, -0.25) is 14.3 Å². The van der Waals surface area contributed by atoms with Crippen molar-refractivity contribution >= 4 is 17.5 Å². The molecule has 5 saturated carbocycles. The van der Waals surface area contributed by atoms with E-state index in [1.165, 1.54) is 32.1 Å². The molecule has 4 bridgehead atoms. The molecular formula is C22H26N4OS. The largest absolute Gasteiger partial charge is 0.299 e. The molecule has 6 heteroatoms. The highest BCUT2D eigenvalue weighted by molar-refractivity contribution is 7.99. The number of aromatic nitrogens is 4. The molecule has 5 nitrogen and oxygen atoms in total. The van der Waals surface area contributed by atoms with E-state index >= 15 is 0 Å². The summed E-state index contributed by atoms with van der Waals surface area (Å²) in [5, 5.41) is 9.83. The topological polar surface area (TPSA) is 60.7 Å². The Morgan fingerprint density at radius 3 is 2.43 bits per heavy atom. The molecule has 0 amide bonds. The van der Waals surface area contributed by atoms with Crippen LogP contribution < -0.4 is 0 Å². The van der Waals surface area contributed by atoms with E-state index in [1.807, 2.05) is 18.3 Å². The van der Waals surface area contributed by atoms with Crippen molar-refractivity contribution in [1.82, 2.24) is 19.7 Å². The van der Waals surface area contributed by atoms with Crippen molar-refractivity contribution in [3.05, 3.63) is 24.5 Å². The predicted molar refractivity (Wildman–Crippen MR) is 108 cm³/mol. The lowest BCUT2D eigenvalue weighted by Gasteiger charge is -2.56. The van der Waals surface area contributed by atoms with Gasteiger partial charge in [-0.15, -0.1) is 10.2 Å². The van der Waals surface area contributed by atoms with Gasteiger partial charge in [-0.1, -0.05) is 11.8 Å². The summed E-state index contributed by atoms with van der Waals surface area (Å²) < 4.78 is 2.24. The van der Waals surface area contributed by atoms with Crippen LogP contribution in [-0.4, -0.2) is 31.3 Å². The Labute approximate surface area is 169 Å². The second kappa shape index (κ2) is 6.41. The van der Waals surface area contributed by atoms with Crippen molar-refractivity contribution in [2.45, 2.75) is 62.6 Å². The van der Waals surface area contributed by atoms with Gasteiger partial charge in [0.25, 0.3) is 0 Å². The van der Waals surface area contributed by atoms with Crippen molar-refractivity contribution in [3.63, 3.8) is 0 Å². The summed E-state index contributed by atoms with van der Waals surface area (Å²) in [6.07, 6.45) is 13.5. The molecule has 2 aromatic rings. The minimum Gasteiger partial charge on any atom is -0.299 e. The van der Waals surface area contributed by atoms with Crippen molar-refractivity contribution in [3.8, 4) is 11.4 Å². The molecule has 2 heterocycles. The first-order valence-electron chi connectivity index (χ1n) is 10.7. The summed E-state index contributed by atoms with van der Waals surface area (Å²) in [5.74, 6) is 4.35. The Morgan fingerprint density at radius 2 is 1.82 bits per heavy atom. The fraction of sp³-hybridized carbons (Fsp3) is 0.636. The fourth-order valence-corrected chi connectivity index (χ4v) is 7.50. The lowest BCUT2D eigenvalue weighted by atomic mass is 9.48. The number of rotatable bonds is 6. The summed E-state index contributed by atoms with van der Waals surface area (Å²) >= 11 is 1.61. The van der Waals surface area contributed by atoms with Crippen LogP contribution in [0.25, 0.3) is 11.4 Å². The first-order valence-corrected chi connectivity index (χ1v) is 11.7. The summed E-state index contributed by atoms with van der Waals surface area (Å²) in [7, 11) is 0. The van der Waals surface area contributed by atoms with Crippen molar-refractivity contribution in [2.24, 2.45) is 23.2 Å².